The van der Waals surface area contributed by atoms with E-state index in [0.29, 0.717) is 12.0 Å². The lowest BCUT2D eigenvalue weighted by Gasteiger charge is -2.36. The van der Waals surface area contributed by atoms with E-state index >= 15 is 0 Å². The molecule has 1 aliphatic heterocycles. The molecule has 2 aromatic rings. The van der Waals surface area contributed by atoms with Gasteiger partial charge in [0, 0.05) is 11.0 Å². The van der Waals surface area contributed by atoms with Gasteiger partial charge in [0.2, 0.25) is 5.90 Å². The molecule has 0 amide bonds. The molecule has 0 bridgehead atoms. The van der Waals surface area contributed by atoms with Gasteiger partial charge in [0.05, 0.1) is 6.04 Å². The van der Waals surface area contributed by atoms with Crippen LogP contribution in [0, 0.1) is 11.3 Å². The second kappa shape index (κ2) is 8.75. The molecule has 2 aromatic carbocycles. The Labute approximate surface area is 187 Å². The van der Waals surface area contributed by atoms with Gasteiger partial charge in [-0.3, -0.25) is 0 Å². The first-order valence-electron chi connectivity index (χ1n) is 11.7. The Morgan fingerprint density at radius 2 is 1.55 bits per heavy atom. The zero-order valence-electron chi connectivity index (χ0n) is 18.6. The normalized spacial score (nSPS) is 25.2. The number of nitrogens with zero attached hydrogens (tertiary/aromatic N) is 1. The molecular weight excluding hydrogens is 397 g/mol. The number of hydrogen-bond acceptors (Lipinski definition) is 2. The minimum atomic E-state index is -0.568. The second-order valence-corrected chi connectivity index (χ2v) is 11.6. The smallest absolute Gasteiger partial charge is 0.212 e. The highest BCUT2D eigenvalue weighted by molar-refractivity contribution is 7.76. The molecule has 1 spiro atoms. The fourth-order valence-corrected chi connectivity index (χ4v) is 8.38. The largest absolute Gasteiger partial charge is 0.475 e. The highest BCUT2D eigenvalue weighted by Crippen LogP contribution is 2.63. The van der Waals surface area contributed by atoms with E-state index in [1.165, 1.54) is 29.0 Å². The predicted molar refractivity (Wildman–Crippen MR) is 133 cm³/mol. The van der Waals surface area contributed by atoms with Crippen LogP contribution >= 0.6 is 7.92 Å². The van der Waals surface area contributed by atoms with Gasteiger partial charge in [0.15, 0.2) is 0 Å². The van der Waals surface area contributed by atoms with Crippen LogP contribution in [0.15, 0.2) is 88.7 Å². The molecule has 0 unspecified atom stereocenters. The zero-order chi connectivity index (χ0) is 21.3. The summed E-state index contributed by atoms with van der Waals surface area (Å²) in [6.07, 6.45) is 10.7. The minimum absolute atomic E-state index is 0.0863. The summed E-state index contributed by atoms with van der Waals surface area (Å²) in [7, 11) is -0.568. The Morgan fingerprint density at radius 1 is 0.935 bits per heavy atom. The van der Waals surface area contributed by atoms with Crippen LogP contribution in [0.2, 0.25) is 0 Å². The van der Waals surface area contributed by atoms with Gasteiger partial charge >= 0.3 is 0 Å². The lowest BCUT2D eigenvalue weighted by molar-refractivity contribution is 0.295. The monoisotopic (exact) mass is 429 g/mol. The highest BCUT2D eigenvalue weighted by Gasteiger charge is 2.48. The van der Waals surface area contributed by atoms with E-state index in [1.807, 2.05) is 0 Å². The average molecular weight is 430 g/mol. The van der Waals surface area contributed by atoms with Crippen molar-refractivity contribution in [1.82, 2.24) is 0 Å². The highest BCUT2D eigenvalue weighted by atomic mass is 31.1. The van der Waals surface area contributed by atoms with E-state index in [4.69, 9.17) is 9.73 Å². The maximum atomic E-state index is 6.24. The first-order valence-corrected chi connectivity index (χ1v) is 13.0. The van der Waals surface area contributed by atoms with Gasteiger partial charge in [0.1, 0.15) is 6.61 Å². The number of ether oxygens (including phenoxy) is 1. The van der Waals surface area contributed by atoms with Gasteiger partial charge in [0.25, 0.3) is 0 Å². The van der Waals surface area contributed by atoms with Crippen LogP contribution in [0.25, 0.3) is 0 Å². The maximum Gasteiger partial charge on any atom is 0.212 e. The predicted octanol–water partition coefficient (Wildman–Crippen LogP) is 6.35. The molecule has 0 saturated carbocycles. The third-order valence-corrected chi connectivity index (χ3v) is 9.51. The molecule has 0 aromatic heterocycles. The van der Waals surface area contributed by atoms with Crippen molar-refractivity contribution in [3.8, 4) is 0 Å². The van der Waals surface area contributed by atoms with Gasteiger partial charge in [-0.25, -0.2) is 4.99 Å². The number of aliphatic imine (C=N–C) groups is 1. The first kappa shape index (κ1) is 20.7. The Hall–Kier alpha value is -2.18. The number of allylic oxidation sites excluding steroid dienone is 3. The third-order valence-electron chi connectivity index (χ3n) is 6.79. The molecule has 160 valence electrons. The molecule has 5 rings (SSSR count). The van der Waals surface area contributed by atoms with E-state index < -0.39 is 7.92 Å². The van der Waals surface area contributed by atoms with Crippen LogP contribution in [0.5, 0.6) is 0 Å². The molecule has 0 fully saturated rings. The molecule has 31 heavy (non-hydrogen) atoms. The van der Waals surface area contributed by atoms with Gasteiger partial charge in [-0.2, -0.15) is 0 Å². The number of hydrogen-bond donors (Lipinski definition) is 0. The molecule has 2 aliphatic carbocycles. The zero-order valence-corrected chi connectivity index (χ0v) is 19.5. The van der Waals surface area contributed by atoms with Crippen molar-refractivity contribution in [2.24, 2.45) is 16.3 Å². The molecule has 1 heterocycles. The molecule has 2 atom stereocenters. The van der Waals surface area contributed by atoms with Crippen LogP contribution in [0.4, 0.5) is 0 Å². The average Bonchev–Trinajstić information content (AvgIpc) is 3.51. The fourth-order valence-electron chi connectivity index (χ4n) is 5.50. The molecule has 0 N–H and O–H groups in total. The summed E-state index contributed by atoms with van der Waals surface area (Å²) in [6, 6.07) is 22.5. The van der Waals surface area contributed by atoms with E-state index in [-0.39, 0.29) is 5.41 Å². The summed E-state index contributed by atoms with van der Waals surface area (Å²) in [6.45, 7) is 5.29. The summed E-state index contributed by atoms with van der Waals surface area (Å²) in [4.78, 5) is 5.07. The summed E-state index contributed by atoms with van der Waals surface area (Å²) in [5.41, 5.74) is 1.46. The van der Waals surface area contributed by atoms with Crippen molar-refractivity contribution >= 4 is 24.4 Å². The lowest BCUT2D eigenvalue weighted by Crippen LogP contribution is -2.28. The summed E-state index contributed by atoms with van der Waals surface area (Å²) in [5, 5.41) is 4.49. The van der Waals surface area contributed by atoms with E-state index in [0.717, 1.165) is 31.8 Å². The van der Waals surface area contributed by atoms with Crippen LogP contribution < -0.4 is 10.6 Å². The van der Waals surface area contributed by atoms with E-state index in [9.17, 15) is 0 Å². The maximum absolute atomic E-state index is 6.24. The van der Waals surface area contributed by atoms with Crippen molar-refractivity contribution in [3.05, 3.63) is 83.7 Å². The molecule has 3 heteroatoms. The minimum Gasteiger partial charge on any atom is -0.475 e. The summed E-state index contributed by atoms with van der Waals surface area (Å²) < 4.78 is 6.24. The van der Waals surface area contributed by atoms with Crippen LogP contribution in [-0.2, 0) is 4.74 Å². The van der Waals surface area contributed by atoms with Crippen molar-refractivity contribution in [3.63, 3.8) is 0 Å². The van der Waals surface area contributed by atoms with Crippen molar-refractivity contribution in [2.45, 2.75) is 52.0 Å². The molecule has 3 aliphatic rings. The van der Waals surface area contributed by atoms with Crippen molar-refractivity contribution in [1.29, 1.82) is 0 Å². The summed E-state index contributed by atoms with van der Waals surface area (Å²) >= 11 is 0. The van der Waals surface area contributed by atoms with E-state index in [2.05, 4.69) is 86.7 Å². The molecule has 0 radical (unpaired) electrons. The van der Waals surface area contributed by atoms with Crippen molar-refractivity contribution in [2.75, 3.05) is 6.61 Å². The van der Waals surface area contributed by atoms with Crippen LogP contribution in [0.1, 0.15) is 46.0 Å². The fraction of sp³-hybridized carbons (Fsp3) is 0.393. The first-order chi connectivity index (χ1) is 15.2. The standard InChI is InChI=1S/C28H32NOP/c1-21(2)19-22-20-30-27(29-22)25-15-9-17-28(25)18-10-16-26(28)31(23-11-5-3-6-12-23)24-13-7-4-8-14-24/h3-8,11-16,21-22H,9-10,17-20H2,1-2H3/t22-,28-/m0/s1. The summed E-state index contributed by atoms with van der Waals surface area (Å²) in [5.74, 6) is 1.58. The Morgan fingerprint density at radius 3 is 2.16 bits per heavy atom. The SMILES string of the molecule is CC(C)C[C@H]1COC(C2=CCC[C@]23CCC=C3P(c2ccccc2)c2ccccc2)=N1. The Balaban J connectivity index is 1.54. The Bertz CT molecular complexity index is 964. The topological polar surface area (TPSA) is 21.6 Å². The molecular formula is C28H32NOP. The Kier molecular flexibility index (Phi) is 5.85. The van der Waals surface area contributed by atoms with Crippen LogP contribution in [0.3, 0.4) is 0 Å². The van der Waals surface area contributed by atoms with Crippen LogP contribution in [-0.4, -0.2) is 18.5 Å². The van der Waals surface area contributed by atoms with E-state index in [1.54, 1.807) is 5.31 Å². The second-order valence-electron chi connectivity index (χ2n) is 9.40. The lowest BCUT2D eigenvalue weighted by atomic mass is 9.80. The molecule has 2 nitrogen and oxygen atoms in total. The van der Waals surface area contributed by atoms with Gasteiger partial charge < -0.3 is 4.74 Å². The quantitative estimate of drug-likeness (QED) is 0.491. The third kappa shape index (κ3) is 3.92. The number of benzene rings is 2. The van der Waals surface area contributed by atoms with Gasteiger partial charge in [-0.1, -0.05) is 86.7 Å². The molecule has 0 saturated heterocycles. The van der Waals surface area contributed by atoms with Gasteiger partial charge in [-0.15, -0.1) is 0 Å². The van der Waals surface area contributed by atoms with Gasteiger partial charge in [-0.05, 0) is 61.9 Å². The number of rotatable bonds is 6. The van der Waals surface area contributed by atoms with Crippen molar-refractivity contribution < 1.29 is 4.74 Å².